The number of hydrogen-bond donors (Lipinski definition) is 0. The van der Waals surface area contributed by atoms with E-state index in [1.165, 1.54) is 0 Å². The summed E-state index contributed by atoms with van der Waals surface area (Å²) in [4.78, 5) is 10.6. The quantitative estimate of drug-likeness (QED) is 0.676. The Hall–Kier alpha value is -1.33. The molecule has 0 radical (unpaired) electrons. The average molecular weight is 194 g/mol. The van der Waals surface area contributed by atoms with E-state index in [4.69, 9.17) is 16.9 Å². The molecule has 1 rings (SSSR count). The number of carbonyl (C=O) groups is 1. The minimum Gasteiger partial charge on any atom is -0.281 e. The SMILES string of the molecule is Cc1ccc(CC(=O)Cl)c(C#N)c1. The van der Waals surface area contributed by atoms with E-state index in [9.17, 15) is 4.79 Å². The topological polar surface area (TPSA) is 40.9 Å². The number of hydrogen-bond acceptors (Lipinski definition) is 2. The Morgan fingerprint density at radius 2 is 2.31 bits per heavy atom. The molecule has 1 aromatic carbocycles. The van der Waals surface area contributed by atoms with Crippen LogP contribution in [0.5, 0.6) is 0 Å². The fourth-order valence-electron chi connectivity index (χ4n) is 1.10. The summed E-state index contributed by atoms with van der Waals surface area (Å²) in [6, 6.07) is 7.39. The Morgan fingerprint density at radius 3 is 2.85 bits per heavy atom. The Labute approximate surface area is 81.7 Å². The van der Waals surface area contributed by atoms with Crippen molar-refractivity contribution < 1.29 is 4.79 Å². The highest BCUT2D eigenvalue weighted by Crippen LogP contribution is 2.12. The van der Waals surface area contributed by atoms with Crippen molar-refractivity contribution in [3.8, 4) is 6.07 Å². The third kappa shape index (κ3) is 2.57. The van der Waals surface area contributed by atoms with Gasteiger partial charge in [-0.25, -0.2) is 0 Å². The van der Waals surface area contributed by atoms with Gasteiger partial charge in [-0.1, -0.05) is 12.1 Å². The molecule has 2 nitrogen and oxygen atoms in total. The summed E-state index contributed by atoms with van der Waals surface area (Å²) in [5.74, 6) is 0. The molecule has 0 aliphatic rings. The smallest absolute Gasteiger partial charge is 0.226 e. The molecule has 3 heteroatoms. The predicted molar refractivity (Wildman–Crippen MR) is 50.5 cm³/mol. The van der Waals surface area contributed by atoms with E-state index in [0.717, 1.165) is 5.56 Å². The molecule has 0 saturated carbocycles. The van der Waals surface area contributed by atoms with E-state index < -0.39 is 5.24 Å². The highest BCUT2D eigenvalue weighted by Gasteiger charge is 2.05. The molecular weight excluding hydrogens is 186 g/mol. The summed E-state index contributed by atoms with van der Waals surface area (Å²) in [5, 5.41) is 8.31. The van der Waals surface area contributed by atoms with Crippen LogP contribution in [0.3, 0.4) is 0 Å². The third-order valence-corrected chi connectivity index (χ3v) is 1.85. The maximum absolute atomic E-state index is 10.6. The Bertz CT molecular complexity index is 379. The normalized spacial score (nSPS) is 9.31. The maximum Gasteiger partial charge on any atom is 0.226 e. The maximum atomic E-state index is 10.6. The van der Waals surface area contributed by atoms with Crippen LogP contribution in [0.25, 0.3) is 0 Å². The number of nitrogens with zero attached hydrogens (tertiary/aromatic N) is 1. The molecule has 1 aromatic rings. The number of aryl methyl sites for hydroxylation is 1. The molecule has 0 amide bonds. The standard InChI is InChI=1S/C10H8ClNO/c1-7-2-3-8(5-10(11)13)9(4-7)6-12/h2-4H,5H2,1H3. The lowest BCUT2D eigenvalue weighted by molar-refractivity contribution is -0.111. The largest absolute Gasteiger partial charge is 0.281 e. The van der Waals surface area contributed by atoms with Crippen molar-refractivity contribution in [1.82, 2.24) is 0 Å². The molecule has 0 heterocycles. The van der Waals surface area contributed by atoms with Crippen LogP contribution in [0.4, 0.5) is 0 Å². The van der Waals surface area contributed by atoms with Crippen molar-refractivity contribution in [2.45, 2.75) is 13.3 Å². The minimum atomic E-state index is -0.444. The van der Waals surface area contributed by atoms with Crippen LogP contribution in [0.2, 0.25) is 0 Å². The Morgan fingerprint density at radius 1 is 1.62 bits per heavy atom. The zero-order valence-electron chi connectivity index (χ0n) is 7.17. The molecule has 0 N–H and O–H groups in total. The monoisotopic (exact) mass is 193 g/mol. The van der Waals surface area contributed by atoms with Gasteiger partial charge in [0.2, 0.25) is 5.24 Å². The summed E-state index contributed by atoms with van der Waals surface area (Å²) >= 11 is 5.23. The summed E-state index contributed by atoms with van der Waals surface area (Å²) in [5.41, 5.74) is 2.21. The van der Waals surface area contributed by atoms with Gasteiger partial charge in [-0.15, -0.1) is 0 Å². The van der Waals surface area contributed by atoms with Crippen LogP contribution in [-0.4, -0.2) is 5.24 Å². The summed E-state index contributed by atoms with van der Waals surface area (Å²) in [7, 11) is 0. The molecule has 0 fully saturated rings. The van der Waals surface area contributed by atoms with Crippen molar-refractivity contribution in [3.05, 3.63) is 34.9 Å². The van der Waals surface area contributed by atoms with Crippen molar-refractivity contribution in [1.29, 1.82) is 5.26 Å². The molecule has 0 atom stereocenters. The summed E-state index contributed by atoms with van der Waals surface area (Å²) < 4.78 is 0. The first kappa shape index (κ1) is 9.76. The van der Waals surface area contributed by atoms with Gasteiger partial charge >= 0.3 is 0 Å². The van der Waals surface area contributed by atoms with Gasteiger partial charge in [-0.05, 0) is 35.7 Å². The molecule has 0 aromatic heterocycles. The van der Waals surface area contributed by atoms with Gasteiger partial charge in [0.15, 0.2) is 0 Å². The van der Waals surface area contributed by atoms with E-state index in [1.807, 2.05) is 19.1 Å². The fraction of sp³-hybridized carbons (Fsp3) is 0.200. The Kier molecular flexibility index (Phi) is 3.05. The van der Waals surface area contributed by atoms with Crippen LogP contribution in [0.15, 0.2) is 18.2 Å². The zero-order valence-corrected chi connectivity index (χ0v) is 7.93. The molecule has 66 valence electrons. The highest BCUT2D eigenvalue weighted by atomic mass is 35.5. The van der Waals surface area contributed by atoms with Crippen molar-refractivity contribution in [2.75, 3.05) is 0 Å². The van der Waals surface area contributed by atoms with Gasteiger partial charge in [0.25, 0.3) is 0 Å². The minimum absolute atomic E-state index is 0.116. The van der Waals surface area contributed by atoms with Gasteiger partial charge in [-0.3, -0.25) is 4.79 Å². The molecule has 0 aliphatic heterocycles. The van der Waals surface area contributed by atoms with Crippen LogP contribution in [0.1, 0.15) is 16.7 Å². The molecule has 0 bridgehead atoms. The molecule has 0 unspecified atom stereocenters. The first-order chi connectivity index (χ1) is 6.13. The van der Waals surface area contributed by atoms with Crippen LogP contribution >= 0.6 is 11.6 Å². The summed E-state index contributed by atoms with van der Waals surface area (Å²) in [6.07, 6.45) is 0.116. The first-order valence-electron chi connectivity index (χ1n) is 3.81. The Balaban J connectivity index is 3.08. The van der Waals surface area contributed by atoms with E-state index in [0.29, 0.717) is 11.1 Å². The van der Waals surface area contributed by atoms with Gasteiger partial charge in [0.05, 0.1) is 11.6 Å². The molecule has 0 aliphatic carbocycles. The van der Waals surface area contributed by atoms with E-state index in [2.05, 4.69) is 0 Å². The third-order valence-electron chi connectivity index (χ3n) is 1.72. The molecular formula is C10H8ClNO. The molecule has 0 spiro atoms. The lowest BCUT2D eigenvalue weighted by Crippen LogP contribution is -1.97. The number of rotatable bonds is 2. The van der Waals surface area contributed by atoms with Crippen molar-refractivity contribution >= 4 is 16.8 Å². The van der Waals surface area contributed by atoms with E-state index in [-0.39, 0.29) is 6.42 Å². The number of halogens is 1. The predicted octanol–water partition coefficient (Wildman–Crippen LogP) is 2.17. The van der Waals surface area contributed by atoms with Crippen LogP contribution in [0, 0.1) is 18.3 Å². The van der Waals surface area contributed by atoms with Crippen molar-refractivity contribution in [3.63, 3.8) is 0 Å². The molecule has 0 saturated heterocycles. The second kappa shape index (κ2) is 4.06. The van der Waals surface area contributed by atoms with Gasteiger partial charge in [0, 0.05) is 6.42 Å². The highest BCUT2D eigenvalue weighted by molar-refractivity contribution is 6.63. The second-order valence-corrected chi connectivity index (χ2v) is 3.23. The second-order valence-electron chi connectivity index (χ2n) is 2.80. The van der Waals surface area contributed by atoms with Crippen LogP contribution in [-0.2, 0) is 11.2 Å². The number of carbonyl (C=O) groups excluding carboxylic acids is 1. The van der Waals surface area contributed by atoms with E-state index in [1.54, 1.807) is 12.1 Å². The van der Waals surface area contributed by atoms with Crippen molar-refractivity contribution in [2.24, 2.45) is 0 Å². The van der Waals surface area contributed by atoms with E-state index >= 15 is 0 Å². The fourth-order valence-corrected chi connectivity index (χ4v) is 1.24. The zero-order chi connectivity index (χ0) is 9.84. The number of benzene rings is 1. The summed E-state index contributed by atoms with van der Waals surface area (Å²) in [6.45, 7) is 1.90. The lowest BCUT2D eigenvalue weighted by atomic mass is 10.0. The number of nitriles is 1. The average Bonchev–Trinajstić information content (AvgIpc) is 2.07. The van der Waals surface area contributed by atoms with Gasteiger partial charge in [0.1, 0.15) is 0 Å². The van der Waals surface area contributed by atoms with Crippen LogP contribution < -0.4 is 0 Å². The first-order valence-corrected chi connectivity index (χ1v) is 4.19. The lowest BCUT2D eigenvalue weighted by Gasteiger charge is -2.00. The molecule has 13 heavy (non-hydrogen) atoms. The van der Waals surface area contributed by atoms with Gasteiger partial charge in [-0.2, -0.15) is 5.26 Å². The van der Waals surface area contributed by atoms with Gasteiger partial charge < -0.3 is 0 Å².